The minimum absolute atomic E-state index is 0.147. The summed E-state index contributed by atoms with van der Waals surface area (Å²) in [5, 5.41) is 2.90. The van der Waals surface area contributed by atoms with E-state index in [0.717, 1.165) is 39.5 Å². The molecule has 184 valence electrons. The van der Waals surface area contributed by atoms with Crippen molar-refractivity contribution in [2.45, 2.75) is 37.8 Å². The highest BCUT2D eigenvalue weighted by atomic mass is 79.9. The van der Waals surface area contributed by atoms with Gasteiger partial charge in [-0.1, -0.05) is 57.9 Å². The van der Waals surface area contributed by atoms with Crippen molar-refractivity contribution in [3.63, 3.8) is 0 Å². The average molecular weight is 557 g/mol. The Kier molecular flexibility index (Phi) is 8.26. The zero-order chi connectivity index (χ0) is 24.8. The molecule has 1 N–H and O–H groups in total. The van der Waals surface area contributed by atoms with Crippen LogP contribution in [0.15, 0.2) is 82.2 Å². The molecule has 1 amide bonds. The number of carbonyl (C=O) groups excluding carboxylic acids is 1. The minimum atomic E-state index is -3.93. The van der Waals surface area contributed by atoms with Gasteiger partial charge < -0.3 is 5.32 Å². The molecule has 0 unspecified atom stereocenters. The van der Waals surface area contributed by atoms with E-state index in [1.807, 2.05) is 19.1 Å². The predicted molar refractivity (Wildman–Crippen MR) is 143 cm³/mol. The number of sulfonamides is 1. The van der Waals surface area contributed by atoms with Crippen LogP contribution in [-0.4, -0.2) is 38.9 Å². The lowest BCUT2D eigenvalue weighted by Crippen LogP contribution is -2.40. The van der Waals surface area contributed by atoms with Crippen LogP contribution < -0.4 is 9.62 Å². The fourth-order valence-corrected chi connectivity index (χ4v) is 5.87. The number of likely N-dealkylation sites (tertiary alicyclic amines) is 1. The Morgan fingerprint density at radius 1 is 0.971 bits per heavy atom. The molecular formula is C27H30BrN3O3S. The summed E-state index contributed by atoms with van der Waals surface area (Å²) in [6.45, 7) is 5.09. The number of hydrogen-bond acceptors (Lipinski definition) is 4. The minimum Gasteiger partial charge on any atom is -0.350 e. The zero-order valence-corrected chi connectivity index (χ0v) is 22.2. The van der Waals surface area contributed by atoms with E-state index in [0.29, 0.717) is 12.2 Å². The second-order valence-electron chi connectivity index (χ2n) is 8.88. The fraction of sp³-hybridized carbons (Fsp3) is 0.296. The highest BCUT2D eigenvalue weighted by Crippen LogP contribution is 2.25. The van der Waals surface area contributed by atoms with E-state index in [9.17, 15) is 13.2 Å². The largest absolute Gasteiger partial charge is 0.350 e. The molecule has 1 fully saturated rings. The third kappa shape index (κ3) is 6.72. The van der Waals surface area contributed by atoms with E-state index in [1.165, 1.54) is 18.4 Å². The summed E-state index contributed by atoms with van der Waals surface area (Å²) >= 11 is 3.38. The molecule has 0 aliphatic carbocycles. The second kappa shape index (κ2) is 11.4. The standard InChI is InChI=1S/C27H30BrN3O3S/c1-21-7-13-26(14-8-21)35(33,34)31(25-11-9-24(28)10-12-25)20-27(32)29-18-22-5-4-6-23(17-22)19-30-15-2-3-16-30/h4-14,17H,2-3,15-16,18-20H2,1H3,(H,29,32). The van der Waals surface area contributed by atoms with E-state index in [4.69, 9.17) is 0 Å². The number of nitrogens with one attached hydrogen (secondary N) is 1. The second-order valence-corrected chi connectivity index (χ2v) is 11.7. The van der Waals surface area contributed by atoms with Crippen LogP contribution in [-0.2, 0) is 27.9 Å². The molecule has 35 heavy (non-hydrogen) atoms. The average Bonchev–Trinajstić information content (AvgIpc) is 3.35. The van der Waals surface area contributed by atoms with Crippen molar-refractivity contribution >= 4 is 37.5 Å². The molecule has 3 aromatic rings. The van der Waals surface area contributed by atoms with Gasteiger partial charge in [-0.3, -0.25) is 14.0 Å². The van der Waals surface area contributed by atoms with Crippen LogP contribution in [0.4, 0.5) is 5.69 Å². The zero-order valence-electron chi connectivity index (χ0n) is 19.8. The highest BCUT2D eigenvalue weighted by molar-refractivity contribution is 9.10. The summed E-state index contributed by atoms with van der Waals surface area (Å²) in [7, 11) is -3.93. The first kappa shape index (κ1) is 25.4. The summed E-state index contributed by atoms with van der Waals surface area (Å²) in [4.78, 5) is 15.5. The van der Waals surface area contributed by atoms with Crippen molar-refractivity contribution in [2.24, 2.45) is 0 Å². The maximum Gasteiger partial charge on any atom is 0.264 e. The molecular weight excluding hydrogens is 526 g/mol. The van der Waals surface area contributed by atoms with Gasteiger partial charge in [-0.05, 0) is 80.4 Å². The number of carbonyl (C=O) groups is 1. The number of nitrogens with zero attached hydrogens (tertiary/aromatic N) is 2. The monoisotopic (exact) mass is 555 g/mol. The van der Waals surface area contributed by atoms with Crippen molar-refractivity contribution in [3.8, 4) is 0 Å². The molecule has 0 radical (unpaired) electrons. The Bertz CT molecular complexity index is 1260. The molecule has 6 nitrogen and oxygen atoms in total. The van der Waals surface area contributed by atoms with Gasteiger partial charge in [0.2, 0.25) is 5.91 Å². The van der Waals surface area contributed by atoms with Crippen LogP contribution >= 0.6 is 15.9 Å². The van der Waals surface area contributed by atoms with Gasteiger partial charge in [0, 0.05) is 17.6 Å². The Morgan fingerprint density at radius 2 is 1.63 bits per heavy atom. The van der Waals surface area contributed by atoms with Gasteiger partial charge in [-0.25, -0.2) is 8.42 Å². The van der Waals surface area contributed by atoms with Gasteiger partial charge >= 0.3 is 0 Å². The van der Waals surface area contributed by atoms with Crippen molar-refractivity contribution in [2.75, 3.05) is 23.9 Å². The molecule has 1 saturated heterocycles. The summed E-state index contributed by atoms with van der Waals surface area (Å²) in [5.74, 6) is -0.367. The van der Waals surface area contributed by atoms with Crippen LogP contribution in [0.3, 0.4) is 0 Å². The lowest BCUT2D eigenvalue weighted by Gasteiger charge is -2.24. The number of anilines is 1. The molecule has 0 saturated carbocycles. The van der Waals surface area contributed by atoms with Gasteiger partial charge in [-0.15, -0.1) is 0 Å². The van der Waals surface area contributed by atoms with Gasteiger partial charge in [0.05, 0.1) is 10.6 Å². The molecule has 1 aliphatic rings. The number of halogens is 1. The smallest absolute Gasteiger partial charge is 0.264 e. The number of benzene rings is 3. The highest BCUT2D eigenvalue weighted by Gasteiger charge is 2.27. The van der Waals surface area contributed by atoms with E-state index < -0.39 is 10.0 Å². The van der Waals surface area contributed by atoms with Crippen LogP contribution in [0.5, 0.6) is 0 Å². The summed E-state index contributed by atoms with van der Waals surface area (Å²) in [6.07, 6.45) is 2.49. The topological polar surface area (TPSA) is 69.7 Å². The first-order valence-corrected chi connectivity index (χ1v) is 14.0. The number of hydrogen-bond donors (Lipinski definition) is 1. The molecule has 0 aromatic heterocycles. The molecule has 0 spiro atoms. The van der Waals surface area contributed by atoms with Crippen LogP contribution in [0.1, 0.15) is 29.5 Å². The quantitative estimate of drug-likeness (QED) is 0.409. The first-order chi connectivity index (χ1) is 16.8. The Hall–Kier alpha value is -2.68. The molecule has 1 heterocycles. The van der Waals surface area contributed by atoms with Gasteiger partial charge in [-0.2, -0.15) is 0 Å². The third-order valence-electron chi connectivity index (χ3n) is 6.10. The van der Waals surface area contributed by atoms with E-state index in [-0.39, 0.29) is 17.3 Å². The van der Waals surface area contributed by atoms with Gasteiger partial charge in [0.15, 0.2) is 0 Å². The van der Waals surface area contributed by atoms with Gasteiger partial charge in [0.1, 0.15) is 6.54 Å². The lowest BCUT2D eigenvalue weighted by atomic mass is 10.1. The maximum atomic E-state index is 13.5. The maximum absolute atomic E-state index is 13.5. The number of amides is 1. The van der Waals surface area contributed by atoms with Crippen molar-refractivity contribution in [1.82, 2.24) is 10.2 Å². The van der Waals surface area contributed by atoms with E-state index in [1.54, 1.807) is 48.5 Å². The van der Waals surface area contributed by atoms with Crippen LogP contribution in [0, 0.1) is 6.92 Å². The molecule has 4 rings (SSSR count). The van der Waals surface area contributed by atoms with E-state index in [2.05, 4.69) is 38.3 Å². The normalized spacial score (nSPS) is 14.1. The van der Waals surface area contributed by atoms with Crippen LogP contribution in [0.25, 0.3) is 0 Å². The molecule has 1 aliphatic heterocycles. The Balaban J connectivity index is 1.47. The van der Waals surface area contributed by atoms with Gasteiger partial charge in [0.25, 0.3) is 10.0 Å². The third-order valence-corrected chi connectivity index (χ3v) is 8.41. The predicted octanol–water partition coefficient (Wildman–Crippen LogP) is 4.87. The number of aryl methyl sites for hydroxylation is 1. The Labute approximate surface area is 216 Å². The van der Waals surface area contributed by atoms with Crippen LogP contribution in [0.2, 0.25) is 0 Å². The van der Waals surface area contributed by atoms with E-state index >= 15 is 0 Å². The molecule has 0 atom stereocenters. The van der Waals surface area contributed by atoms with Crippen molar-refractivity contribution in [1.29, 1.82) is 0 Å². The first-order valence-electron chi connectivity index (χ1n) is 11.7. The summed E-state index contributed by atoms with van der Waals surface area (Å²) in [6, 6.07) is 21.7. The number of rotatable bonds is 9. The summed E-state index contributed by atoms with van der Waals surface area (Å²) in [5.41, 5.74) is 3.60. The molecule has 8 heteroatoms. The Morgan fingerprint density at radius 3 is 2.31 bits per heavy atom. The fourth-order valence-electron chi connectivity index (χ4n) is 4.18. The van der Waals surface area contributed by atoms with Crippen molar-refractivity contribution in [3.05, 3.63) is 94.0 Å². The molecule has 3 aromatic carbocycles. The lowest BCUT2D eigenvalue weighted by molar-refractivity contribution is -0.119. The SMILES string of the molecule is Cc1ccc(S(=O)(=O)N(CC(=O)NCc2cccc(CN3CCCC3)c2)c2ccc(Br)cc2)cc1. The summed E-state index contributed by atoms with van der Waals surface area (Å²) < 4.78 is 28.9. The van der Waals surface area contributed by atoms with Crippen molar-refractivity contribution < 1.29 is 13.2 Å². The molecule has 0 bridgehead atoms.